The minimum Gasteiger partial charge on any atom is -0.383 e. The smallest absolute Gasteiger partial charge is 0.142 e. The van der Waals surface area contributed by atoms with Crippen molar-refractivity contribution in [1.82, 2.24) is 4.37 Å². The maximum absolute atomic E-state index is 5.70. The van der Waals surface area contributed by atoms with Gasteiger partial charge in [-0.3, -0.25) is 0 Å². The van der Waals surface area contributed by atoms with E-state index in [9.17, 15) is 0 Å². The zero-order valence-electron chi connectivity index (χ0n) is 9.96. The van der Waals surface area contributed by atoms with Crippen LogP contribution in [0.2, 0.25) is 0 Å². The lowest BCUT2D eigenvalue weighted by atomic mass is 10.0. The van der Waals surface area contributed by atoms with Gasteiger partial charge in [0.25, 0.3) is 0 Å². The largest absolute Gasteiger partial charge is 0.383 e. The van der Waals surface area contributed by atoms with Crippen LogP contribution >= 0.6 is 11.5 Å². The Bertz CT molecular complexity index is 329. The van der Waals surface area contributed by atoms with Gasteiger partial charge in [0.15, 0.2) is 0 Å². The summed E-state index contributed by atoms with van der Waals surface area (Å²) in [7, 11) is 0. The standard InChI is InChI=1S/C12H21N3S/c1-9-11(13)15-16-12(9)14-8-4-7-10-5-2-3-6-10/h10,14H,2-8H2,1H3,(H2,13,15). The molecule has 0 saturated heterocycles. The predicted octanol–water partition coefficient (Wildman–Crippen LogP) is 3.42. The van der Waals surface area contributed by atoms with E-state index in [-0.39, 0.29) is 0 Å². The van der Waals surface area contributed by atoms with Gasteiger partial charge in [0, 0.05) is 12.1 Å². The van der Waals surface area contributed by atoms with Crippen LogP contribution in [0.3, 0.4) is 0 Å². The first kappa shape index (κ1) is 11.7. The van der Waals surface area contributed by atoms with Crippen molar-refractivity contribution in [3.63, 3.8) is 0 Å². The van der Waals surface area contributed by atoms with Gasteiger partial charge in [-0.2, -0.15) is 4.37 Å². The number of anilines is 2. The fourth-order valence-electron chi connectivity index (χ4n) is 2.40. The highest BCUT2D eigenvalue weighted by molar-refractivity contribution is 7.10. The molecular formula is C12H21N3S. The third kappa shape index (κ3) is 2.88. The number of hydrogen-bond acceptors (Lipinski definition) is 4. The van der Waals surface area contributed by atoms with Gasteiger partial charge in [-0.25, -0.2) is 0 Å². The summed E-state index contributed by atoms with van der Waals surface area (Å²) in [6.45, 7) is 3.08. The van der Waals surface area contributed by atoms with Crippen molar-refractivity contribution in [3.8, 4) is 0 Å². The van der Waals surface area contributed by atoms with Crippen LogP contribution in [-0.2, 0) is 0 Å². The molecule has 0 bridgehead atoms. The van der Waals surface area contributed by atoms with Crippen molar-refractivity contribution >= 4 is 22.4 Å². The summed E-state index contributed by atoms with van der Waals surface area (Å²) in [5.41, 5.74) is 6.81. The molecule has 4 heteroatoms. The molecule has 1 aliphatic carbocycles. The van der Waals surface area contributed by atoms with Gasteiger partial charge < -0.3 is 11.1 Å². The van der Waals surface area contributed by atoms with E-state index in [2.05, 4.69) is 9.69 Å². The summed E-state index contributed by atoms with van der Waals surface area (Å²) in [6, 6.07) is 0. The van der Waals surface area contributed by atoms with Crippen LogP contribution in [0.15, 0.2) is 0 Å². The van der Waals surface area contributed by atoms with Crippen LogP contribution in [0, 0.1) is 12.8 Å². The maximum atomic E-state index is 5.70. The lowest BCUT2D eigenvalue weighted by Crippen LogP contribution is -2.04. The average Bonchev–Trinajstić information content (AvgIpc) is 2.88. The number of rotatable bonds is 5. The van der Waals surface area contributed by atoms with E-state index < -0.39 is 0 Å². The lowest BCUT2D eigenvalue weighted by molar-refractivity contribution is 0.491. The van der Waals surface area contributed by atoms with Crippen LogP contribution in [0.5, 0.6) is 0 Å². The van der Waals surface area contributed by atoms with Crippen LogP contribution in [0.4, 0.5) is 10.8 Å². The van der Waals surface area contributed by atoms with E-state index in [4.69, 9.17) is 5.73 Å². The van der Waals surface area contributed by atoms with Gasteiger partial charge in [-0.1, -0.05) is 25.7 Å². The van der Waals surface area contributed by atoms with E-state index in [1.54, 1.807) is 0 Å². The fourth-order valence-corrected chi connectivity index (χ4v) is 3.14. The molecule has 1 aliphatic rings. The topological polar surface area (TPSA) is 50.9 Å². The molecule has 0 atom stereocenters. The molecular weight excluding hydrogens is 218 g/mol. The molecule has 1 heterocycles. The molecule has 1 aromatic rings. The molecule has 2 rings (SSSR count). The third-order valence-corrected chi connectivity index (χ3v) is 4.43. The zero-order chi connectivity index (χ0) is 11.4. The Kier molecular flexibility index (Phi) is 4.04. The number of hydrogen-bond donors (Lipinski definition) is 2. The Morgan fingerprint density at radius 2 is 2.19 bits per heavy atom. The van der Waals surface area contributed by atoms with Crippen LogP contribution in [0.1, 0.15) is 44.1 Å². The van der Waals surface area contributed by atoms with Crippen molar-refractivity contribution in [2.45, 2.75) is 45.4 Å². The Hall–Kier alpha value is -0.770. The monoisotopic (exact) mass is 239 g/mol. The number of nitrogens with zero attached hydrogens (tertiary/aromatic N) is 1. The minimum atomic E-state index is 0.670. The Balaban J connectivity index is 1.66. The van der Waals surface area contributed by atoms with E-state index in [0.29, 0.717) is 5.82 Å². The van der Waals surface area contributed by atoms with Crippen LogP contribution < -0.4 is 11.1 Å². The average molecular weight is 239 g/mol. The van der Waals surface area contributed by atoms with E-state index >= 15 is 0 Å². The Morgan fingerprint density at radius 3 is 2.81 bits per heavy atom. The summed E-state index contributed by atoms with van der Waals surface area (Å²) in [5.74, 6) is 1.66. The first-order valence-electron chi connectivity index (χ1n) is 6.23. The number of nitrogens with two attached hydrogens (primary N) is 1. The molecule has 0 unspecified atom stereocenters. The predicted molar refractivity (Wildman–Crippen MR) is 70.9 cm³/mol. The summed E-state index contributed by atoms with van der Waals surface area (Å²) < 4.78 is 4.13. The highest BCUT2D eigenvalue weighted by Crippen LogP contribution is 2.29. The Labute approximate surface area is 102 Å². The van der Waals surface area contributed by atoms with Gasteiger partial charge in [0.1, 0.15) is 10.8 Å². The SMILES string of the molecule is Cc1c(N)nsc1NCCCC1CCCC1. The van der Waals surface area contributed by atoms with E-state index in [0.717, 1.165) is 23.0 Å². The fraction of sp³-hybridized carbons (Fsp3) is 0.750. The molecule has 1 saturated carbocycles. The highest BCUT2D eigenvalue weighted by atomic mass is 32.1. The molecule has 90 valence electrons. The molecule has 3 nitrogen and oxygen atoms in total. The minimum absolute atomic E-state index is 0.670. The Morgan fingerprint density at radius 1 is 1.44 bits per heavy atom. The van der Waals surface area contributed by atoms with Crippen molar-refractivity contribution in [3.05, 3.63) is 5.56 Å². The van der Waals surface area contributed by atoms with Crippen molar-refractivity contribution in [2.24, 2.45) is 5.92 Å². The molecule has 1 aromatic heterocycles. The highest BCUT2D eigenvalue weighted by Gasteiger charge is 2.14. The number of nitrogens with one attached hydrogen (secondary N) is 1. The maximum Gasteiger partial charge on any atom is 0.142 e. The second kappa shape index (κ2) is 5.53. The molecule has 0 amide bonds. The van der Waals surface area contributed by atoms with Gasteiger partial charge in [-0.15, -0.1) is 0 Å². The second-order valence-electron chi connectivity index (χ2n) is 4.74. The van der Waals surface area contributed by atoms with Gasteiger partial charge in [0.05, 0.1) is 0 Å². The first-order valence-corrected chi connectivity index (χ1v) is 7.00. The van der Waals surface area contributed by atoms with Crippen molar-refractivity contribution in [2.75, 3.05) is 17.6 Å². The quantitative estimate of drug-likeness (QED) is 0.774. The summed E-state index contributed by atoms with van der Waals surface area (Å²) in [4.78, 5) is 0. The van der Waals surface area contributed by atoms with Gasteiger partial charge in [-0.05, 0) is 37.2 Å². The summed E-state index contributed by atoms with van der Waals surface area (Å²) >= 11 is 1.47. The van der Waals surface area contributed by atoms with E-state index in [1.165, 1.54) is 50.1 Å². The molecule has 16 heavy (non-hydrogen) atoms. The second-order valence-corrected chi connectivity index (χ2v) is 5.51. The van der Waals surface area contributed by atoms with Crippen molar-refractivity contribution < 1.29 is 0 Å². The molecule has 0 spiro atoms. The molecule has 3 N–H and O–H groups in total. The molecule has 1 fully saturated rings. The molecule has 0 radical (unpaired) electrons. The zero-order valence-corrected chi connectivity index (χ0v) is 10.8. The lowest BCUT2D eigenvalue weighted by Gasteiger charge is -2.09. The summed E-state index contributed by atoms with van der Waals surface area (Å²) in [6.07, 6.45) is 8.44. The third-order valence-electron chi connectivity index (χ3n) is 3.51. The molecule has 0 aliphatic heterocycles. The normalized spacial score (nSPS) is 16.8. The summed E-state index contributed by atoms with van der Waals surface area (Å²) in [5, 5.41) is 4.58. The number of aromatic nitrogens is 1. The van der Waals surface area contributed by atoms with Crippen LogP contribution in [-0.4, -0.2) is 10.9 Å². The first-order chi connectivity index (χ1) is 7.77. The van der Waals surface area contributed by atoms with Gasteiger partial charge >= 0.3 is 0 Å². The van der Waals surface area contributed by atoms with Crippen molar-refractivity contribution in [1.29, 1.82) is 0 Å². The molecule has 0 aromatic carbocycles. The van der Waals surface area contributed by atoms with Gasteiger partial charge in [0.2, 0.25) is 0 Å². The van der Waals surface area contributed by atoms with Crippen LogP contribution in [0.25, 0.3) is 0 Å². The van der Waals surface area contributed by atoms with E-state index in [1.807, 2.05) is 6.92 Å². The number of nitrogen functional groups attached to an aromatic ring is 1.